The Morgan fingerprint density at radius 1 is 1.38 bits per heavy atom. The van der Waals surface area contributed by atoms with Gasteiger partial charge in [0.25, 0.3) is 0 Å². The number of hydrogen-bond acceptors (Lipinski definition) is 4. The van der Waals surface area contributed by atoms with Crippen molar-refractivity contribution in [2.75, 3.05) is 7.11 Å². The van der Waals surface area contributed by atoms with Gasteiger partial charge in [0, 0.05) is 12.4 Å². The summed E-state index contributed by atoms with van der Waals surface area (Å²) >= 11 is 0. The largest absolute Gasteiger partial charge is 0.492 e. The van der Waals surface area contributed by atoms with Gasteiger partial charge in [-0.3, -0.25) is 0 Å². The molecule has 0 atom stereocenters. The monoisotopic (exact) mass is 175 g/mol. The average molecular weight is 175 g/mol. The fourth-order valence-corrected chi connectivity index (χ4v) is 0.994. The molecule has 1 radical (unpaired) electrons. The minimum atomic E-state index is 0.520. The van der Waals surface area contributed by atoms with Crippen molar-refractivity contribution < 1.29 is 9.15 Å². The number of furan rings is 1. The molecule has 0 aliphatic rings. The van der Waals surface area contributed by atoms with Gasteiger partial charge < -0.3 is 9.15 Å². The molecule has 0 bridgehead atoms. The van der Waals surface area contributed by atoms with Gasteiger partial charge >= 0.3 is 0 Å². The van der Waals surface area contributed by atoms with Crippen LogP contribution in [0.5, 0.6) is 5.75 Å². The zero-order valence-electron chi connectivity index (χ0n) is 7.02. The molecule has 4 heteroatoms. The fraction of sp³-hybridized carbons (Fsp3) is 0.111. The molecule has 0 amide bonds. The van der Waals surface area contributed by atoms with Crippen molar-refractivity contribution in [2.45, 2.75) is 0 Å². The molecule has 2 heterocycles. The number of hydrogen-bond donors (Lipinski definition) is 0. The van der Waals surface area contributed by atoms with Crippen LogP contribution in [0.15, 0.2) is 29.1 Å². The zero-order chi connectivity index (χ0) is 9.10. The quantitative estimate of drug-likeness (QED) is 0.694. The van der Waals surface area contributed by atoms with E-state index in [-0.39, 0.29) is 0 Å². The topological polar surface area (TPSA) is 48.2 Å². The van der Waals surface area contributed by atoms with Gasteiger partial charge in [-0.25, -0.2) is 9.97 Å². The minimum Gasteiger partial charge on any atom is -0.492 e. The highest BCUT2D eigenvalue weighted by molar-refractivity contribution is 5.61. The Labute approximate surface area is 75.2 Å². The molecule has 0 spiro atoms. The van der Waals surface area contributed by atoms with Gasteiger partial charge in [0.1, 0.15) is 11.8 Å². The molecule has 2 rings (SSSR count). The number of rotatable bonds is 2. The standard InChI is InChI=1S/C9H7N2O2/c1-12-8-6-13-5-7(8)9-10-3-2-4-11-9/h2-5H,1H3. The summed E-state index contributed by atoms with van der Waals surface area (Å²) in [6.45, 7) is 0. The first kappa shape index (κ1) is 7.79. The third kappa shape index (κ3) is 1.38. The molecule has 0 saturated heterocycles. The van der Waals surface area contributed by atoms with Gasteiger partial charge in [0.2, 0.25) is 6.26 Å². The highest BCUT2D eigenvalue weighted by Gasteiger charge is 2.10. The fourth-order valence-electron chi connectivity index (χ4n) is 0.994. The lowest BCUT2D eigenvalue weighted by atomic mass is 10.3. The van der Waals surface area contributed by atoms with Gasteiger partial charge in [-0.05, 0) is 6.07 Å². The Kier molecular flexibility index (Phi) is 1.96. The molecule has 0 saturated carbocycles. The summed E-state index contributed by atoms with van der Waals surface area (Å²) in [4.78, 5) is 8.12. The zero-order valence-corrected chi connectivity index (χ0v) is 7.02. The number of ether oxygens (including phenoxy) is 1. The molecule has 0 N–H and O–H groups in total. The summed E-state index contributed by atoms with van der Waals surface area (Å²) < 4.78 is 9.87. The van der Waals surface area contributed by atoms with E-state index in [0.717, 1.165) is 0 Å². The van der Waals surface area contributed by atoms with Crippen molar-refractivity contribution in [3.05, 3.63) is 31.0 Å². The van der Waals surface area contributed by atoms with Gasteiger partial charge in [0.05, 0.1) is 7.11 Å². The van der Waals surface area contributed by atoms with Crippen molar-refractivity contribution in [1.29, 1.82) is 0 Å². The van der Waals surface area contributed by atoms with Crippen LogP contribution in [-0.2, 0) is 0 Å². The van der Waals surface area contributed by atoms with Crippen LogP contribution in [0.1, 0.15) is 0 Å². The second-order valence-corrected chi connectivity index (χ2v) is 2.36. The third-order valence-corrected chi connectivity index (χ3v) is 1.58. The maximum atomic E-state index is 5.01. The van der Waals surface area contributed by atoms with Crippen molar-refractivity contribution >= 4 is 0 Å². The highest BCUT2D eigenvalue weighted by Crippen LogP contribution is 2.26. The van der Waals surface area contributed by atoms with Gasteiger partial charge in [-0.2, -0.15) is 0 Å². The Balaban J connectivity index is 2.47. The SMILES string of the molecule is COc1[c]occ1-c1ncccn1. The van der Waals surface area contributed by atoms with Crippen LogP contribution in [0.3, 0.4) is 0 Å². The van der Waals surface area contributed by atoms with E-state index in [1.807, 2.05) is 0 Å². The summed E-state index contributed by atoms with van der Waals surface area (Å²) in [7, 11) is 1.55. The predicted octanol–water partition coefficient (Wildman–Crippen LogP) is 1.55. The van der Waals surface area contributed by atoms with Gasteiger partial charge in [-0.1, -0.05) is 0 Å². The van der Waals surface area contributed by atoms with Crippen LogP contribution in [-0.4, -0.2) is 17.1 Å². The third-order valence-electron chi connectivity index (χ3n) is 1.58. The lowest BCUT2D eigenvalue weighted by Gasteiger charge is -1.97. The van der Waals surface area contributed by atoms with Crippen LogP contribution in [0.4, 0.5) is 0 Å². The Morgan fingerprint density at radius 2 is 2.15 bits per heavy atom. The molecule has 0 aliphatic heterocycles. The number of nitrogens with zero attached hydrogens (tertiary/aromatic N) is 2. The smallest absolute Gasteiger partial charge is 0.215 e. The van der Waals surface area contributed by atoms with E-state index < -0.39 is 0 Å². The normalized spacial score (nSPS) is 9.92. The van der Waals surface area contributed by atoms with Crippen LogP contribution in [0.2, 0.25) is 0 Å². The molecule has 0 aromatic carbocycles. The van der Waals surface area contributed by atoms with Crippen LogP contribution < -0.4 is 4.74 Å². The Morgan fingerprint density at radius 3 is 2.85 bits per heavy atom. The maximum Gasteiger partial charge on any atom is 0.215 e. The van der Waals surface area contributed by atoms with E-state index >= 15 is 0 Å². The summed E-state index contributed by atoms with van der Waals surface area (Å²) in [5, 5.41) is 0. The first-order valence-electron chi connectivity index (χ1n) is 3.72. The minimum absolute atomic E-state index is 0.520. The van der Waals surface area contributed by atoms with E-state index in [9.17, 15) is 0 Å². The number of methoxy groups -OCH3 is 1. The van der Waals surface area contributed by atoms with E-state index in [4.69, 9.17) is 9.15 Å². The molecule has 0 fully saturated rings. The first-order chi connectivity index (χ1) is 6.42. The van der Waals surface area contributed by atoms with Gasteiger partial charge in [-0.15, -0.1) is 0 Å². The van der Waals surface area contributed by atoms with Crippen LogP contribution >= 0.6 is 0 Å². The molecule has 0 aliphatic carbocycles. The molecule has 65 valence electrons. The lowest BCUT2D eigenvalue weighted by Crippen LogP contribution is -1.88. The molecule has 4 nitrogen and oxygen atoms in total. The van der Waals surface area contributed by atoms with Crippen LogP contribution in [0, 0.1) is 6.26 Å². The number of aromatic nitrogens is 2. The van der Waals surface area contributed by atoms with Crippen molar-refractivity contribution in [3.8, 4) is 17.1 Å². The average Bonchev–Trinajstić information content (AvgIpc) is 2.67. The Bertz CT molecular complexity index is 384. The highest BCUT2D eigenvalue weighted by atomic mass is 16.5. The lowest BCUT2D eigenvalue weighted by molar-refractivity contribution is 0.404. The van der Waals surface area contributed by atoms with Crippen LogP contribution in [0.25, 0.3) is 11.4 Å². The molecular formula is C9H7N2O2. The van der Waals surface area contributed by atoms with Crippen molar-refractivity contribution in [3.63, 3.8) is 0 Å². The van der Waals surface area contributed by atoms with Crippen molar-refractivity contribution in [2.24, 2.45) is 0 Å². The van der Waals surface area contributed by atoms with E-state index in [2.05, 4.69) is 16.2 Å². The van der Waals surface area contributed by atoms with Crippen molar-refractivity contribution in [1.82, 2.24) is 9.97 Å². The molecule has 2 aromatic heterocycles. The molecular weight excluding hydrogens is 168 g/mol. The van der Waals surface area contributed by atoms with Gasteiger partial charge in [0.15, 0.2) is 11.6 Å². The summed E-state index contributed by atoms with van der Waals surface area (Å²) in [6.07, 6.45) is 7.41. The van der Waals surface area contributed by atoms with E-state index in [0.29, 0.717) is 17.1 Å². The van der Waals surface area contributed by atoms with E-state index in [1.165, 1.54) is 6.26 Å². The predicted molar refractivity (Wildman–Crippen MR) is 45.1 cm³/mol. The Hall–Kier alpha value is -1.84. The van der Waals surface area contributed by atoms with E-state index in [1.54, 1.807) is 25.6 Å². The molecule has 0 unspecified atom stereocenters. The first-order valence-corrected chi connectivity index (χ1v) is 3.72. The molecule has 13 heavy (non-hydrogen) atoms. The maximum absolute atomic E-state index is 5.01. The second-order valence-electron chi connectivity index (χ2n) is 2.36. The summed E-state index contributed by atoms with van der Waals surface area (Å²) in [5.74, 6) is 1.09. The summed E-state index contributed by atoms with van der Waals surface area (Å²) in [5.41, 5.74) is 0.711. The molecule has 2 aromatic rings. The summed E-state index contributed by atoms with van der Waals surface area (Å²) in [6, 6.07) is 1.75. The second kappa shape index (κ2) is 3.26.